The van der Waals surface area contributed by atoms with Gasteiger partial charge in [0.1, 0.15) is 5.75 Å². The summed E-state index contributed by atoms with van der Waals surface area (Å²) in [6, 6.07) is 11.6. The van der Waals surface area contributed by atoms with E-state index in [1.807, 2.05) is 0 Å². The number of halogens is 3. The second kappa shape index (κ2) is 7.00. The molecule has 0 atom stereocenters. The van der Waals surface area contributed by atoms with Gasteiger partial charge < -0.3 is 10.1 Å². The molecular weight excluding hydrogens is 307 g/mol. The van der Waals surface area contributed by atoms with Gasteiger partial charge in [0, 0.05) is 6.08 Å². The second-order valence-corrected chi connectivity index (χ2v) is 4.65. The maximum absolute atomic E-state index is 12.6. The molecule has 0 aliphatic rings. The molecule has 0 radical (unpaired) electrons. The maximum atomic E-state index is 12.6. The van der Waals surface area contributed by atoms with Crippen LogP contribution in [0.4, 0.5) is 18.9 Å². The van der Waals surface area contributed by atoms with Crippen LogP contribution in [-0.4, -0.2) is 13.0 Å². The minimum absolute atomic E-state index is 0.287. The van der Waals surface area contributed by atoms with Gasteiger partial charge in [-0.15, -0.1) is 0 Å². The third kappa shape index (κ3) is 4.60. The number of benzene rings is 2. The molecule has 1 amide bonds. The van der Waals surface area contributed by atoms with Crippen molar-refractivity contribution in [2.45, 2.75) is 6.18 Å². The summed E-state index contributed by atoms with van der Waals surface area (Å²) < 4.78 is 43.0. The van der Waals surface area contributed by atoms with Gasteiger partial charge in [-0.2, -0.15) is 13.2 Å². The fourth-order valence-electron chi connectivity index (χ4n) is 1.91. The molecule has 0 saturated carbocycles. The monoisotopic (exact) mass is 321 g/mol. The van der Waals surface area contributed by atoms with Crippen LogP contribution in [0.15, 0.2) is 54.6 Å². The first kappa shape index (κ1) is 16.6. The van der Waals surface area contributed by atoms with Crippen LogP contribution in [-0.2, 0) is 11.0 Å². The quantitative estimate of drug-likeness (QED) is 0.850. The van der Waals surface area contributed by atoms with Crippen molar-refractivity contribution in [1.82, 2.24) is 0 Å². The zero-order valence-corrected chi connectivity index (χ0v) is 12.2. The SMILES string of the molecule is COc1ccccc1NC(=O)C=Cc1cccc(C(F)(F)F)c1. The van der Waals surface area contributed by atoms with Crippen LogP contribution in [0.1, 0.15) is 11.1 Å². The number of rotatable bonds is 4. The van der Waals surface area contributed by atoms with E-state index in [1.54, 1.807) is 24.3 Å². The highest BCUT2D eigenvalue weighted by atomic mass is 19.4. The highest BCUT2D eigenvalue weighted by Gasteiger charge is 2.30. The van der Waals surface area contributed by atoms with Gasteiger partial charge in [-0.1, -0.05) is 24.3 Å². The summed E-state index contributed by atoms with van der Waals surface area (Å²) in [4.78, 5) is 11.9. The molecule has 0 spiro atoms. The number of anilines is 1. The van der Waals surface area contributed by atoms with E-state index >= 15 is 0 Å². The highest BCUT2D eigenvalue weighted by molar-refractivity contribution is 6.02. The van der Waals surface area contributed by atoms with E-state index in [0.717, 1.165) is 12.1 Å². The first-order chi connectivity index (χ1) is 10.9. The second-order valence-electron chi connectivity index (χ2n) is 4.65. The number of carbonyl (C=O) groups is 1. The van der Waals surface area contributed by atoms with Crippen molar-refractivity contribution in [3.8, 4) is 5.75 Å². The lowest BCUT2D eigenvalue weighted by molar-refractivity contribution is -0.137. The molecule has 2 rings (SSSR count). The van der Waals surface area contributed by atoms with Crippen LogP contribution in [0.25, 0.3) is 6.08 Å². The number of methoxy groups -OCH3 is 1. The lowest BCUT2D eigenvalue weighted by Crippen LogP contribution is -2.08. The van der Waals surface area contributed by atoms with E-state index in [0.29, 0.717) is 11.4 Å². The predicted molar refractivity (Wildman–Crippen MR) is 82.1 cm³/mol. The van der Waals surface area contributed by atoms with E-state index in [4.69, 9.17) is 4.74 Å². The van der Waals surface area contributed by atoms with Gasteiger partial charge in [0.05, 0.1) is 18.4 Å². The molecule has 2 aromatic rings. The molecule has 23 heavy (non-hydrogen) atoms. The molecule has 2 aromatic carbocycles. The van der Waals surface area contributed by atoms with Gasteiger partial charge in [0.25, 0.3) is 0 Å². The average molecular weight is 321 g/mol. The fourth-order valence-corrected chi connectivity index (χ4v) is 1.91. The summed E-state index contributed by atoms with van der Waals surface area (Å²) in [6.07, 6.45) is -1.93. The van der Waals surface area contributed by atoms with E-state index < -0.39 is 17.6 Å². The third-order valence-electron chi connectivity index (χ3n) is 3.01. The highest BCUT2D eigenvalue weighted by Crippen LogP contribution is 2.29. The molecule has 1 N–H and O–H groups in total. The minimum atomic E-state index is -4.41. The molecule has 6 heteroatoms. The molecule has 0 fully saturated rings. The van der Waals surface area contributed by atoms with Crippen molar-refractivity contribution in [3.63, 3.8) is 0 Å². The molecule has 0 heterocycles. The van der Waals surface area contributed by atoms with E-state index in [-0.39, 0.29) is 5.56 Å². The molecule has 0 aliphatic carbocycles. The Morgan fingerprint density at radius 1 is 1.13 bits per heavy atom. The summed E-state index contributed by atoms with van der Waals surface area (Å²) in [6.45, 7) is 0. The van der Waals surface area contributed by atoms with Crippen LogP contribution in [0.3, 0.4) is 0 Å². The molecule has 0 bridgehead atoms. The Bertz CT molecular complexity index is 724. The van der Waals surface area contributed by atoms with Gasteiger partial charge >= 0.3 is 6.18 Å². The lowest BCUT2D eigenvalue weighted by Gasteiger charge is -2.08. The average Bonchev–Trinajstić information content (AvgIpc) is 2.53. The van der Waals surface area contributed by atoms with Crippen molar-refractivity contribution < 1.29 is 22.7 Å². The molecule has 0 saturated heterocycles. The zero-order chi connectivity index (χ0) is 16.9. The van der Waals surface area contributed by atoms with Gasteiger partial charge in [-0.3, -0.25) is 4.79 Å². The summed E-state index contributed by atoms with van der Waals surface area (Å²) in [7, 11) is 1.48. The molecule has 120 valence electrons. The maximum Gasteiger partial charge on any atom is 0.416 e. The third-order valence-corrected chi connectivity index (χ3v) is 3.01. The van der Waals surface area contributed by atoms with E-state index in [1.165, 1.54) is 31.4 Å². The number of amides is 1. The van der Waals surface area contributed by atoms with E-state index in [2.05, 4.69) is 5.32 Å². The van der Waals surface area contributed by atoms with Crippen molar-refractivity contribution in [2.24, 2.45) is 0 Å². The van der Waals surface area contributed by atoms with Crippen LogP contribution >= 0.6 is 0 Å². The minimum Gasteiger partial charge on any atom is -0.495 e. The molecular formula is C17H14F3NO2. The standard InChI is InChI=1S/C17H14F3NO2/c1-23-15-8-3-2-7-14(15)21-16(22)10-9-12-5-4-6-13(11-12)17(18,19)20/h2-11H,1H3,(H,21,22). The molecule has 0 aliphatic heterocycles. The normalized spacial score (nSPS) is 11.5. The molecule has 0 aromatic heterocycles. The first-order valence-electron chi connectivity index (χ1n) is 6.69. The van der Waals surface area contributed by atoms with Crippen LogP contribution in [0, 0.1) is 0 Å². The Balaban J connectivity index is 2.10. The number of hydrogen-bond acceptors (Lipinski definition) is 2. The first-order valence-corrected chi connectivity index (χ1v) is 6.69. The number of nitrogens with one attached hydrogen (secondary N) is 1. The number of para-hydroxylation sites is 2. The number of carbonyl (C=O) groups excluding carboxylic acids is 1. The zero-order valence-electron chi connectivity index (χ0n) is 12.2. The van der Waals surface area contributed by atoms with Gasteiger partial charge in [-0.25, -0.2) is 0 Å². The summed E-state index contributed by atoms with van der Waals surface area (Å²) in [5, 5.41) is 2.60. The predicted octanol–water partition coefficient (Wildman–Crippen LogP) is 4.37. The molecule has 3 nitrogen and oxygen atoms in total. The van der Waals surface area contributed by atoms with Gasteiger partial charge in [-0.05, 0) is 35.9 Å². The van der Waals surface area contributed by atoms with Crippen LogP contribution in [0.2, 0.25) is 0 Å². The van der Waals surface area contributed by atoms with Crippen molar-refractivity contribution in [3.05, 3.63) is 65.7 Å². The van der Waals surface area contributed by atoms with Crippen LogP contribution < -0.4 is 10.1 Å². The smallest absolute Gasteiger partial charge is 0.416 e. The summed E-state index contributed by atoms with van der Waals surface area (Å²) in [5.74, 6) is 0.0280. The summed E-state index contributed by atoms with van der Waals surface area (Å²) >= 11 is 0. The summed E-state index contributed by atoms with van der Waals surface area (Å²) in [5.41, 5.74) is 0.00785. The Hall–Kier alpha value is -2.76. The topological polar surface area (TPSA) is 38.3 Å². The Labute approximate surface area is 131 Å². The van der Waals surface area contributed by atoms with Crippen molar-refractivity contribution in [1.29, 1.82) is 0 Å². The number of hydrogen-bond donors (Lipinski definition) is 1. The Kier molecular flexibility index (Phi) is 5.05. The lowest BCUT2D eigenvalue weighted by atomic mass is 10.1. The Morgan fingerprint density at radius 2 is 1.87 bits per heavy atom. The largest absolute Gasteiger partial charge is 0.495 e. The van der Waals surface area contributed by atoms with Crippen molar-refractivity contribution >= 4 is 17.7 Å². The van der Waals surface area contributed by atoms with Crippen molar-refractivity contribution in [2.75, 3.05) is 12.4 Å². The van der Waals surface area contributed by atoms with E-state index in [9.17, 15) is 18.0 Å². The van der Waals surface area contributed by atoms with Crippen LogP contribution in [0.5, 0.6) is 5.75 Å². The fraction of sp³-hybridized carbons (Fsp3) is 0.118. The Morgan fingerprint density at radius 3 is 2.57 bits per heavy atom. The van der Waals surface area contributed by atoms with Gasteiger partial charge in [0.15, 0.2) is 0 Å². The molecule has 0 unspecified atom stereocenters. The number of alkyl halides is 3. The number of ether oxygens (including phenoxy) is 1. The van der Waals surface area contributed by atoms with Gasteiger partial charge in [0.2, 0.25) is 5.91 Å².